The Kier molecular flexibility index (Phi) is 6.83. The fraction of sp³-hybridized carbons (Fsp3) is 0.400. The van der Waals surface area contributed by atoms with Gasteiger partial charge in [-0.05, 0) is 31.9 Å². The fourth-order valence-corrected chi connectivity index (χ4v) is 3.07. The summed E-state index contributed by atoms with van der Waals surface area (Å²) in [6.45, 7) is 3.41. The first-order valence-corrected chi connectivity index (χ1v) is 9.55. The molecule has 9 heteroatoms. The van der Waals surface area contributed by atoms with Gasteiger partial charge < -0.3 is 25.0 Å². The maximum Gasteiger partial charge on any atom is 0.409 e. The zero-order valence-electron chi connectivity index (χ0n) is 16.6. The van der Waals surface area contributed by atoms with Gasteiger partial charge >= 0.3 is 6.09 Å². The van der Waals surface area contributed by atoms with Crippen LogP contribution in [0, 0.1) is 0 Å². The van der Waals surface area contributed by atoms with Crippen LogP contribution in [-0.2, 0) is 4.74 Å². The molecule has 29 heavy (non-hydrogen) atoms. The maximum absolute atomic E-state index is 12.4. The van der Waals surface area contributed by atoms with Gasteiger partial charge in [0, 0.05) is 31.5 Å². The predicted octanol–water partition coefficient (Wildman–Crippen LogP) is 2.77. The predicted molar refractivity (Wildman–Crippen MR) is 108 cm³/mol. The van der Waals surface area contributed by atoms with E-state index < -0.39 is 0 Å². The van der Waals surface area contributed by atoms with Crippen LogP contribution in [0.3, 0.4) is 0 Å². The third-order valence-electron chi connectivity index (χ3n) is 4.62. The Bertz CT molecular complexity index is 835. The SMILES string of the molecule is CCOC(=O)N1CCC(Nc2ncc(C(=O)Nc3ccccc3OC)cn2)CC1. The van der Waals surface area contributed by atoms with Gasteiger partial charge in [-0.2, -0.15) is 0 Å². The minimum absolute atomic E-state index is 0.161. The van der Waals surface area contributed by atoms with Crippen molar-refractivity contribution in [3.05, 3.63) is 42.2 Å². The van der Waals surface area contributed by atoms with E-state index in [1.54, 1.807) is 31.1 Å². The molecule has 1 aliphatic heterocycles. The van der Waals surface area contributed by atoms with Crippen LogP contribution in [0.1, 0.15) is 30.1 Å². The third-order valence-corrected chi connectivity index (χ3v) is 4.62. The van der Waals surface area contributed by atoms with Crippen LogP contribution in [0.15, 0.2) is 36.7 Å². The zero-order valence-corrected chi connectivity index (χ0v) is 16.6. The van der Waals surface area contributed by atoms with Crippen molar-refractivity contribution in [2.45, 2.75) is 25.8 Å². The highest BCUT2D eigenvalue weighted by Crippen LogP contribution is 2.23. The van der Waals surface area contributed by atoms with Gasteiger partial charge in [0.15, 0.2) is 0 Å². The number of aromatic nitrogens is 2. The van der Waals surface area contributed by atoms with E-state index in [-0.39, 0.29) is 18.0 Å². The summed E-state index contributed by atoms with van der Waals surface area (Å²) in [5.74, 6) is 0.714. The smallest absolute Gasteiger partial charge is 0.409 e. The number of anilines is 2. The van der Waals surface area contributed by atoms with E-state index in [1.807, 2.05) is 12.1 Å². The number of likely N-dealkylation sites (tertiary alicyclic amines) is 1. The van der Waals surface area contributed by atoms with Crippen LogP contribution in [0.5, 0.6) is 5.75 Å². The number of carbonyl (C=O) groups is 2. The summed E-state index contributed by atoms with van der Waals surface area (Å²) in [6.07, 6.45) is 4.24. The Morgan fingerprint density at radius 2 is 1.86 bits per heavy atom. The number of ether oxygens (including phenoxy) is 2. The highest BCUT2D eigenvalue weighted by atomic mass is 16.6. The largest absolute Gasteiger partial charge is 0.495 e. The van der Waals surface area contributed by atoms with Gasteiger partial charge in [0.2, 0.25) is 5.95 Å². The van der Waals surface area contributed by atoms with Crippen molar-refractivity contribution in [3.63, 3.8) is 0 Å². The summed E-state index contributed by atoms with van der Waals surface area (Å²) in [6, 6.07) is 7.33. The monoisotopic (exact) mass is 399 g/mol. The van der Waals surface area contributed by atoms with Crippen LogP contribution in [0.2, 0.25) is 0 Å². The number of nitrogens with zero attached hydrogens (tertiary/aromatic N) is 3. The molecule has 1 aliphatic rings. The van der Waals surface area contributed by atoms with E-state index in [0.717, 1.165) is 12.8 Å². The Morgan fingerprint density at radius 3 is 2.52 bits per heavy atom. The number of carbonyl (C=O) groups excluding carboxylic acids is 2. The first-order chi connectivity index (χ1) is 14.1. The lowest BCUT2D eigenvalue weighted by molar-refractivity contribution is 0.0982. The average molecular weight is 399 g/mol. The number of para-hydroxylation sites is 2. The molecule has 2 heterocycles. The summed E-state index contributed by atoms with van der Waals surface area (Å²) >= 11 is 0. The van der Waals surface area contributed by atoms with E-state index in [0.29, 0.717) is 42.6 Å². The molecule has 154 valence electrons. The molecule has 0 radical (unpaired) electrons. The van der Waals surface area contributed by atoms with Crippen molar-refractivity contribution in [2.24, 2.45) is 0 Å². The molecule has 1 aromatic heterocycles. The van der Waals surface area contributed by atoms with E-state index in [9.17, 15) is 9.59 Å². The van der Waals surface area contributed by atoms with E-state index in [2.05, 4.69) is 20.6 Å². The summed E-state index contributed by atoms with van der Waals surface area (Å²) in [7, 11) is 1.55. The van der Waals surface area contributed by atoms with E-state index in [1.165, 1.54) is 12.4 Å². The maximum atomic E-state index is 12.4. The Balaban J connectivity index is 1.53. The van der Waals surface area contributed by atoms with Gasteiger partial charge in [-0.1, -0.05) is 12.1 Å². The fourth-order valence-electron chi connectivity index (χ4n) is 3.07. The molecule has 0 bridgehead atoms. The summed E-state index contributed by atoms with van der Waals surface area (Å²) in [5.41, 5.74) is 0.925. The van der Waals surface area contributed by atoms with Gasteiger partial charge in [0.05, 0.1) is 25.0 Å². The number of amides is 2. The second-order valence-corrected chi connectivity index (χ2v) is 6.55. The summed E-state index contributed by atoms with van der Waals surface area (Å²) in [4.78, 5) is 34.4. The van der Waals surface area contributed by atoms with Gasteiger partial charge in [0.25, 0.3) is 5.91 Å². The molecular formula is C20H25N5O4. The quantitative estimate of drug-likeness (QED) is 0.769. The second-order valence-electron chi connectivity index (χ2n) is 6.55. The van der Waals surface area contributed by atoms with E-state index >= 15 is 0 Å². The van der Waals surface area contributed by atoms with Crippen LogP contribution < -0.4 is 15.4 Å². The van der Waals surface area contributed by atoms with Crippen LogP contribution in [0.25, 0.3) is 0 Å². The minimum atomic E-state index is -0.316. The third kappa shape index (κ3) is 5.34. The number of hydrogen-bond acceptors (Lipinski definition) is 7. The topological polar surface area (TPSA) is 106 Å². The Hall–Kier alpha value is -3.36. The normalized spacial score (nSPS) is 14.2. The van der Waals surface area contributed by atoms with Gasteiger partial charge in [-0.3, -0.25) is 4.79 Å². The average Bonchev–Trinajstić information content (AvgIpc) is 2.75. The molecule has 0 saturated carbocycles. The molecule has 0 unspecified atom stereocenters. The lowest BCUT2D eigenvalue weighted by Gasteiger charge is -2.31. The van der Waals surface area contributed by atoms with Crippen LogP contribution >= 0.6 is 0 Å². The van der Waals surface area contributed by atoms with Gasteiger partial charge in [-0.25, -0.2) is 14.8 Å². The number of benzene rings is 1. The van der Waals surface area contributed by atoms with Crippen LogP contribution in [-0.4, -0.2) is 59.7 Å². The van der Waals surface area contributed by atoms with Gasteiger partial charge in [0.1, 0.15) is 5.75 Å². The number of rotatable bonds is 6. The molecule has 1 aromatic carbocycles. The zero-order chi connectivity index (χ0) is 20.6. The summed E-state index contributed by atoms with van der Waals surface area (Å²) < 4.78 is 10.3. The van der Waals surface area contributed by atoms with Crippen molar-refractivity contribution in [2.75, 3.05) is 37.4 Å². The van der Waals surface area contributed by atoms with Crippen molar-refractivity contribution >= 4 is 23.6 Å². The molecule has 1 saturated heterocycles. The van der Waals surface area contributed by atoms with Crippen molar-refractivity contribution in [3.8, 4) is 5.75 Å². The minimum Gasteiger partial charge on any atom is -0.495 e. The molecule has 0 atom stereocenters. The lowest BCUT2D eigenvalue weighted by atomic mass is 10.1. The number of hydrogen-bond donors (Lipinski definition) is 2. The molecule has 9 nitrogen and oxygen atoms in total. The first kappa shape index (κ1) is 20.4. The van der Waals surface area contributed by atoms with Gasteiger partial charge in [-0.15, -0.1) is 0 Å². The van der Waals surface area contributed by atoms with Crippen LogP contribution in [0.4, 0.5) is 16.4 Å². The Morgan fingerprint density at radius 1 is 1.17 bits per heavy atom. The second kappa shape index (κ2) is 9.72. The number of nitrogens with one attached hydrogen (secondary N) is 2. The molecule has 2 amide bonds. The molecule has 2 aromatic rings. The molecule has 2 N–H and O–H groups in total. The van der Waals surface area contributed by atoms with E-state index in [4.69, 9.17) is 9.47 Å². The molecule has 0 aliphatic carbocycles. The highest BCUT2D eigenvalue weighted by molar-refractivity contribution is 6.04. The molecule has 1 fully saturated rings. The lowest BCUT2D eigenvalue weighted by Crippen LogP contribution is -2.42. The van der Waals surface area contributed by atoms with Crippen molar-refractivity contribution in [1.29, 1.82) is 0 Å². The Labute approximate surface area is 169 Å². The number of piperidine rings is 1. The molecule has 3 rings (SSSR count). The standard InChI is InChI=1S/C20H25N5O4/c1-3-29-20(27)25-10-8-15(9-11-25)23-19-21-12-14(13-22-19)18(26)24-16-6-4-5-7-17(16)28-2/h4-7,12-13,15H,3,8-11H2,1-2H3,(H,24,26)(H,21,22,23). The first-order valence-electron chi connectivity index (χ1n) is 9.55. The molecular weight excluding hydrogens is 374 g/mol. The summed E-state index contributed by atoms with van der Waals surface area (Å²) in [5, 5.41) is 6.04. The highest BCUT2D eigenvalue weighted by Gasteiger charge is 2.24. The molecule has 0 spiro atoms. The van der Waals surface area contributed by atoms with Crippen molar-refractivity contribution in [1.82, 2.24) is 14.9 Å². The number of methoxy groups -OCH3 is 1. The van der Waals surface area contributed by atoms with Crippen molar-refractivity contribution < 1.29 is 19.1 Å².